The van der Waals surface area contributed by atoms with Gasteiger partial charge in [-0.1, -0.05) is 5.16 Å². The van der Waals surface area contributed by atoms with Crippen molar-refractivity contribution in [3.63, 3.8) is 0 Å². The Hall–Kier alpha value is -3.35. The predicted molar refractivity (Wildman–Crippen MR) is 119 cm³/mol. The molecule has 3 rings (SSSR count). The van der Waals surface area contributed by atoms with Gasteiger partial charge in [-0.05, 0) is 20.3 Å². The summed E-state index contributed by atoms with van der Waals surface area (Å²) in [5.74, 6) is -4.09. The van der Waals surface area contributed by atoms with E-state index in [9.17, 15) is 37.3 Å². The molecule has 192 valence electrons. The van der Waals surface area contributed by atoms with E-state index in [2.05, 4.69) is 15.5 Å². The monoisotopic (exact) mass is 533 g/mol. The minimum Gasteiger partial charge on any atom is -0.478 e. The highest BCUT2D eigenvalue weighted by Gasteiger charge is 2.55. The molecule has 7 N–H and O–H groups in total. The number of nitrogen functional groups attached to an aromatic ring is 1. The van der Waals surface area contributed by atoms with Crippen LogP contribution in [0.2, 0.25) is 0 Å². The quantitative estimate of drug-likeness (QED) is 0.0946. The SMILES string of the molecule is CC(C)(O/N=C(\C(=O)NC1C(=O)N(S(=O)(=O)O)[C@@H]1CN1CC[C@H](N)C1=O)c1csc(N)n1)C(=O)O. The number of hydrogen-bond donors (Lipinski definition) is 5. The lowest BCUT2D eigenvalue weighted by Gasteiger charge is -2.45. The second-order valence-electron chi connectivity index (χ2n) is 8.23. The molecular formula is C17H23N7O9S2. The highest BCUT2D eigenvalue weighted by Crippen LogP contribution is 2.26. The fraction of sp³-hybridized carbons (Fsp3) is 0.529. The maximum Gasteiger partial charge on any atom is 0.362 e. The predicted octanol–water partition coefficient (Wildman–Crippen LogP) is -2.63. The molecule has 2 saturated heterocycles. The minimum atomic E-state index is -5.00. The number of likely N-dealkylation sites (tertiary alicyclic amines) is 1. The van der Waals surface area contributed by atoms with Crippen LogP contribution in [0.1, 0.15) is 26.0 Å². The number of carboxylic acids is 1. The van der Waals surface area contributed by atoms with Gasteiger partial charge in [-0.25, -0.2) is 14.1 Å². The topological polar surface area (TPSA) is 248 Å². The van der Waals surface area contributed by atoms with Crippen LogP contribution in [0.4, 0.5) is 5.13 Å². The molecule has 2 aliphatic heterocycles. The Balaban J connectivity index is 1.87. The lowest BCUT2D eigenvalue weighted by Crippen LogP contribution is -2.74. The molecule has 0 spiro atoms. The van der Waals surface area contributed by atoms with Crippen molar-refractivity contribution in [2.75, 3.05) is 18.8 Å². The second-order valence-corrected chi connectivity index (χ2v) is 10.4. The zero-order chi connectivity index (χ0) is 26.3. The second kappa shape index (κ2) is 9.36. The number of oxime groups is 1. The molecule has 2 fully saturated rings. The number of rotatable bonds is 9. The largest absolute Gasteiger partial charge is 0.478 e. The number of aromatic nitrogens is 1. The summed E-state index contributed by atoms with van der Waals surface area (Å²) in [6.07, 6.45) is 0.307. The Morgan fingerprint density at radius 2 is 2.03 bits per heavy atom. The first kappa shape index (κ1) is 26.3. The number of carbonyl (C=O) groups is 4. The number of β-lactam (4-membered cyclic amide) rings is 1. The van der Waals surface area contributed by atoms with Gasteiger partial charge in [0.05, 0.1) is 12.1 Å². The summed E-state index contributed by atoms with van der Waals surface area (Å²) in [6, 6.07) is -3.61. The van der Waals surface area contributed by atoms with Crippen LogP contribution in [0.3, 0.4) is 0 Å². The van der Waals surface area contributed by atoms with Crippen LogP contribution < -0.4 is 16.8 Å². The van der Waals surface area contributed by atoms with Crippen LogP contribution in [0, 0.1) is 0 Å². The zero-order valence-corrected chi connectivity index (χ0v) is 20.1. The number of nitrogens with one attached hydrogen (secondary N) is 1. The van der Waals surface area contributed by atoms with Gasteiger partial charge in [0.15, 0.2) is 10.8 Å². The van der Waals surface area contributed by atoms with Crippen LogP contribution in [-0.4, -0.2) is 98.5 Å². The number of amides is 3. The Bertz CT molecular complexity index is 1200. The van der Waals surface area contributed by atoms with E-state index < -0.39 is 63.4 Å². The molecule has 3 amide bonds. The van der Waals surface area contributed by atoms with Crippen molar-refractivity contribution in [3.8, 4) is 0 Å². The van der Waals surface area contributed by atoms with Crippen molar-refractivity contribution >= 4 is 56.2 Å². The smallest absolute Gasteiger partial charge is 0.362 e. The molecule has 0 saturated carbocycles. The van der Waals surface area contributed by atoms with Crippen molar-refractivity contribution < 1.29 is 42.1 Å². The van der Waals surface area contributed by atoms with Crippen LogP contribution in [0.25, 0.3) is 0 Å². The number of carboxylic acid groups (broad SMARTS) is 1. The molecule has 1 aromatic rings. The summed E-state index contributed by atoms with van der Waals surface area (Å²) in [4.78, 5) is 59.1. The van der Waals surface area contributed by atoms with Crippen molar-refractivity contribution in [2.45, 2.75) is 44.0 Å². The summed E-state index contributed by atoms with van der Waals surface area (Å²) in [7, 11) is -5.00. The average molecular weight is 534 g/mol. The molecule has 0 aliphatic carbocycles. The zero-order valence-electron chi connectivity index (χ0n) is 18.4. The summed E-state index contributed by atoms with van der Waals surface area (Å²) < 4.78 is 33.0. The highest BCUT2D eigenvalue weighted by atomic mass is 32.2. The molecule has 16 nitrogen and oxygen atoms in total. The van der Waals surface area contributed by atoms with E-state index in [4.69, 9.17) is 16.3 Å². The molecule has 35 heavy (non-hydrogen) atoms. The number of thiazole rings is 1. The number of carbonyl (C=O) groups excluding carboxylic acids is 3. The molecule has 18 heteroatoms. The van der Waals surface area contributed by atoms with Crippen LogP contribution in [0.5, 0.6) is 0 Å². The van der Waals surface area contributed by atoms with Crippen LogP contribution in [-0.2, 0) is 34.3 Å². The first-order valence-electron chi connectivity index (χ1n) is 10.0. The third kappa shape index (κ3) is 5.34. The van der Waals surface area contributed by atoms with Gasteiger partial charge >= 0.3 is 16.3 Å². The summed E-state index contributed by atoms with van der Waals surface area (Å²) in [5, 5.41) is 16.5. The standard InChI is InChI=1S/C17H23N7O9S2/c1-17(2,15(28)29)33-22-10(8-6-34-16(19)20-8)12(25)21-11-9(24(14(11)27)35(30,31)32)5-23-4-3-7(18)13(23)26/h6-7,9,11H,3-5,18H2,1-2H3,(H2,19,20)(H,21,25)(H,28,29)(H,30,31,32)/b22-10-/t7-,9+,11?/m0/s1. The Kier molecular flexibility index (Phi) is 7.02. The van der Waals surface area contributed by atoms with Gasteiger partial charge < -0.3 is 31.6 Å². The molecular weight excluding hydrogens is 510 g/mol. The number of anilines is 1. The fourth-order valence-electron chi connectivity index (χ4n) is 3.32. The van der Waals surface area contributed by atoms with Crippen molar-refractivity contribution in [2.24, 2.45) is 10.9 Å². The van der Waals surface area contributed by atoms with Gasteiger partial charge in [0.25, 0.3) is 11.8 Å². The number of nitrogens with two attached hydrogens (primary N) is 2. The molecule has 3 heterocycles. The normalized spacial score (nSPS) is 23.3. The number of hydrogen-bond acceptors (Lipinski definition) is 12. The Morgan fingerprint density at radius 1 is 1.37 bits per heavy atom. The van der Waals surface area contributed by atoms with E-state index in [-0.39, 0.29) is 28.2 Å². The minimum absolute atomic E-state index is 0.0528. The van der Waals surface area contributed by atoms with E-state index in [0.29, 0.717) is 6.42 Å². The molecule has 1 unspecified atom stereocenters. The van der Waals surface area contributed by atoms with Gasteiger partial charge in [0.2, 0.25) is 11.5 Å². The summed E-state index contributed by atoms with van der Waals surface area (Å²) in [5.41, 5.74) is 8.79. The van der Waals surface area contributed by atoms with Crippen LogP contribution >= 0.6 is 11.3 Å². The van der Waals surface area contributed by atoms with Crippen molar-refractivity contribution in [1.29, 1.82) is 0 Å². The van der Waals surface area contributed by atoms with Gasteiger partial charge in [0, 0.05) is 18.5 Å². The van der Waals surface area contributed by atoms with E-state index in [0.717, 1.165) is 11.3 Å². The van der Waals surface area contributed by atoms with Gasteiger partial charge in [0.1, 0.15) is 11.7 Å². The fourth-order valence-corrected chi connectivity index (χ4v) is 4.74. The highest BCUT2D eigenvalue weighted by molar-refractivity contribution is 7.84. The van der Waals surface area contributed by atoms with Gasteiger partial charge in [-0.2, -0.15) is 8.42 Å². The molecule has 0 radical (unpaired) electrons. The van der Waals surface area contributed by atoms with Gasteiger partial charge in [-0.3, -0.25) is 18.9 Å². The van der Waals surface area contributed by atoms with E-state index in [1.807, 2.05) is 0 Å². The lowest BCUT2D eigenvalue weighted by molar-refractivity contribution is -0.161. The van der Waals surface area contributed by atoms with Crippen molar-refractivity contribution in [3.05, 3.63) is 11.1 Å². The average Bonchev–Trinajstić information content (AvgIpc) is 3.30. The van der Waals surface area contributed by atoms with Crippen LogP contribution in [0.15, 0.2) is 10.5 Å². The number of nitrogens with zero attached hydrogens (tertiary/aromatic N) is 4. The maximum absolute atomic E-state index is 13.0. The molecule has 3 atom stereocenters. The summed E-state index contributed by atoms with van der Waals surface area (Å²) >= 11 is 0.945. The van der Waals surface area contributed by atoms with E-state index in [1.165, 1.54) is 24.1 Å². The Labute approximate surface area is 202 Å². The molecule has 1 aromatic heterocycles. The van der Waals surface area contributed by atoms with Crippen molar-refractivity contribution in [1.82, 2.24) is 19.5 Å². The first-order chi connectivity index (χ1) is 16.1. The lowest BCUT2D eigenvalue weighted by atomic mass is 9.97. The van der Waals surface area contributed by atoms with Gasteiger partial charge in [-0.15, -0.1) is 11.3 Å². The third-order valence-electron chi connectivity index (χ3n) is 5.31. The summed E-state index contributed by atoms with van der Waals surface area (Å²) in [6.45, 7) is 2.21. The maximum atomic E-state index is 13.0. The molecule has 0 bridgehead atoms. The Morgan fingerprint density at radius 3 is 2.51 bits per heavy atom. The number of aliphatic carboxylic acids is 1. The molecule has 0 aromatic carbocycles. The first-order valence-corrected chi connectivity index (χ1v) is 12.3. The molecule has 2 aliphatic rings. The third-order valence-corrected chi connectivity index (χ3v) is 6.93. The van der Waals surface area contributed by atoms with E-state index in [1.54, 1.807) is 0 Å². The van der Waals surface area contributed by atoms with E-state index >= 15 is 0 Å².